The maximum Gasteiger partial charge on any atom is 0.325 e. The van der Waals surface area contributed by atoms with Gasteiger partial charge in [-0.1, -0.05) is 30.8 Å². The summed E-state index contributed by atoms with van der Waals surface area (Å²) in [5.74, 6) is 0.995. The number of anilines is 1. The van der Waals surface area contributed by atoms with Gasteiger partial charge in [-0.3, -0.25) is 10.1 Å². The molecule has 9 heteroatoms. The number of hydrogen-bond acceptors (Lipinski definition) is 5. The van der Waals surface area contributed by atoms with E-state index in [9.17, 15) is 4.79 Å². The van der Waals surface area contributed by atoms with Crippen molar-refractivity contribution in [2.75, 3.05) is 5.32 Å². The van der Waals surface area contributed by atoms with Gasteiger partial charge in [-0.15, -0.1) is 4.98 Å². The standard InChI is InChI=1S/C18H19N7OS/c1-2-12-4-6-13(7-5-12)22-16(19)25-17-23-14(10-15(26)24-17)11-27-18-20-8-3-9-21-18/h3-10H,2,11H2,1H3,(H4,19,22,23,24,25,26)/p+1. The minimum Gasteiger partial charge on any atom is -0.322 e. The Morgan fingerprint density at radius 2 is 2.00 bits per heavy atom. The molecule has 5 N–H and O–H groups in total. The van der Waals surface area contributed by atoms with Crippen molar-refractivity contribution in [2.45, 2.75) is 24.3 Å². The van der Waals surface area contributed by atoms with Gasteiger partial charge in [0.2, 0.25) is 0 Å². The van der Waals surface area contributed by atoms with E-state index >= 15 is 0 Å². The van der Waals surface area contributed by atoms with E-state index in [1.807, 2.05) is 24.3 Å². The van der Waals surface area contributed by atoms with Crippen LogP contribution in [0.25, 0.3) is 0 Å². The largest absolute Gasteiger partial charge is 0.325 e. The number of nitrogens with zero attached hydrogens (tertiary/aromatic N) is 3. The van der Waals surface area contributed by atoms with Crippen molar-refractivity contribution < 1.29 is 4.99 Å². The second kappa shape index (κ2) is 8.95. The number of rotatable bonds is 6. The van der Waals surface area contributed by atoms with E-state index in [1.165, 1.54) is 23.4 Å². The number of benzene rings is 1. The van der Waals surface area contributed by atoms with Crippen molar-refractivity contribution in [2.24, 2.45) is 5.73 Å². The van der Waals surface area contributed by atoms with Crippen LogP contribution in [0.5, 0.6) is 0 Å². The third-order valence-corrected chi connectivity index (χ3v) is 4.49. The lowest BCUT2D eigenvalue weighted by Gasteiger charge is -2.03. The van der Waals surface area contributed by atoms with Gasteiger partial charge in [0, 0.05) is 18.5 Å². The van der Waals surface area contributed by atoms with Crippen molar-refractivity contribution >= 4 is 29.4 Å². The minimum absolute atomic E-state index is 0.263. The van der Waals surface area contributed by atoms with Gasteiger partial charge in [0.1, 0.15) is 5.69 Å². The number of nitrogens with two attached hydrogens (primary N) is 1. The summed E-state index contributed by atoms with van der Waals surface area (Å²) >= 11 is 1.40. The van der Waals surface area contributed by atoms with Crippen LogP contribution < -0.4 is 21.6 Å². The van der Waals surface area contributed by atoms with Gasteiger partial charge < -0.3 is 5.73 Å². The Kier molecular flexibility index (Phi) is 6.16. The molecule has 27 heavy (non-hydrogen) atoms. The van der Waals surface area contributed by atoms with Gasteiger partial charge in [-0.25, -0.2) is 19.9 Å². The fourth-order valence-electron chi connectivity index (χ4n) is 2.28. The maximum atomic E-state index is 11.9. The SMILES string of the molecule is CCc1ccc(NC(N)=[NH+]c2nc(CSc3ncccn3)cc(=O)[nH]2)cc1. The molecule has 0 bridgehead atoms. The highest BCUT2D eigenvalue weighted by Gasteiger charge is 2.08. The molecule has 2 aromatic heterocycles. The quantitative estimate of drug-likeness (QED) is 0.212. The summed E-state index contributed by atoms with van der Waals surface area (Å²) in [6.45, 7) is 2.10. The van der Waals surface area contributed by atoms with E-state index in [2.05, 4.69) is 37.2 Å². The van der Waals surface area contributed by atoms with Crippen LogP contribution in [-0.4, -0.2) is 25.9 Å². The molecule has 0 saturated heterocycles. The summed E-state index contributed by atoms with van der Waals surface area (Å²) in [5, 5.41) is 3.66. The summed E-state index contributed by atoms with van der Waals surface area (Å²) in [5.41, 5.74) is 8.39. The van der Waals surface area contributed by atoms with Crippen molar-refractivity contribution in [3.05, 3.63) is 70.4 Å². The summed E-state index contributed by atoms with van der Waals surface area (Å²) in [4.78, 5) is 30.0. The van der Waals surface area contributed by atoms with E-state index in [0.29, 0.717) is 16.6 Å². The van der Waals surface area contributed by atoms with Crippen LogP contribution in [0.2, 0.25) is 0 Å². The third-order valence-electron chi connectivity index (χ3n) is 3.58. The van der Waals surface area contributed by atoms with Gasteiger partial charge in [0.25, 0.3) is 11.5 Å². The molecule has 2 heterocycles. The van der Waals surface area contributed by atoms with Gasteiger partial charge in [-0.05, 0) is 30.2 Å². The molecule has 0 atom stereocenters. The molecule has 0 unspecified atom stereocenters. The first kappa shape index (κ1) is 18.6. The van der Waals surface area contributed by atoms with Crippen molar-refractivity contribution in [3.8, 4) is 0 Å². The predicted molar refractivity (Wildman–Crippen MR) is 106 cm³/mol. The second-order valence-electron chi connectivity index (χ2n) is 5.62. The Balaban J connectivity index is 1.70. The summed E-state index contributed by atoms with van der Waals surface area (Å²) in [6.07, 6.45) is 4.31. The van der Waals surface area contributed by atoms with Gasteiger partial charge in [-0.2, -0.15) is 0 Å². The smallest absolute Gasteiger partial charge is 0.322 e. The molecule has 0 aliphatic carbocycles. The third kappa shape index (κ3) is 5.65. The highest BCUT2D eigenvalue weighted by molar-refractivity contribution is 7.98. The zero-order chi connectivity index (χ0) is 19.1. The predicted octanol–water partition coefficient (Wildman–Crippen LogP) is 0.553. The zero-order valence-corrected chi connectivity index (χ0v) is 15.6. The van der Waals surface area contributed by atoms with Crippen LogP contribution in [0.1, 0.15) is 18.2 Å². The van der Waals surface area contributed by atoms with Gasteiger partial charge in [0.05, 0.1) is 11.4 Å². The van der Waals surface area contributed by atoms with Crippen LogP contribution in [0.4, 0.5) is 11.6 Å². The first-order valence-corrected chi connectivity index (χ1v) is 9.36. The average molecular weight is 382 g/mol. The lowest BCUT2D eigenvalue weighted by Crippen LogP contribution is -2.73. The highest BCUT2D eigenvalue weighted by atomic mass is 32.2. The Labute approximate surface area is 160 Å². The first-order chi connectivity index (χ1) is 13.1. The molecule has 138 valence electrons. The molecule has 0 spiro atoms. The van der Waals surface area contributed by atoms with Crippen molar-refractivity contribution in [1.82, 2.24) is 19.9 Å². The number of aryl methyl sites for hydroxylation is 1. The van der Waals surface area contributed by atoms with E-state index < -0.39 is 0 Å². The fourth-order valence-corrected chi connectivity index (χ4v) is 2.97. The number of guanidine groups is 1. The highest BCUT2D eigenvalue weighted by Crippen LogP contribution is 2.16. The van der Waals surface area contributed by atoms with Crippen molar-refractivity contribution in [1.29, 1.82) is 0 Å². The van der Waals surface area contributed by atoms with Crippen LogP contribution in [-0.2, 0) is 12.2 Å². The second-order valence-corrected chi connectivity index (χ2v) is 6.56. The van der Waals surface area contributed by atoms with Crippen LogP contribution in [0.3, 0.4) is 0 Å². The van der Waals surface area contributed by atoms with Crippen molar-refractivity contribution in [3.63, 3.8) is 0 Å². The number of nitrogens with one attached hydrogen (secondary N) is 3. The molecule has 0 radical (unpaired) electrons. The molecular weight excluding hydrogens is 362 g/mol. The lowest BCUT2D eigenvalue weighted by molar-refractivity contribution is -0.365. The van der Waals surface area contributed by atoms with E-state index in [0.717, 1.165) is 12.1 Å². The molecular formula is C18H20N7OS+. The molecule has 0 amide bonds. The Morgan fingerprint density at radius 1 is 1.26 bits per heavy atom. The number of thioether (sulfide) groups is 1. The van der Waals surface area contributed by atoms with E-state index in [4.69, 9.17) is 5.73 Å². The monoisotopic (exact) mass is 382 g/mol. The normalized spacial score (nSPS) is 11.4. The van der Waals surface area contributed by atoms with Crippen LogP contribution in [0, 0.1) is 0 Å². The average Bonchev–Trinajstić information content (AvgIpc) is 2.67. The lowest BCUT2D eigenvalue weighted by atomic mass is 10.1. The van der Waals surface area contributed by atoms with Crippen LogP contribution in [0.15, 0.2) is 58.7 Å². The first-order valence-electron chi connectivity index (χ1n) is 8.38. The number of aromatic nitrogens is 4. The van der Waals surface area contributed by atoms with Gasteiger partial charge in [0.15, 0.2) is 5.16 Å². The molecule has 3 rings (SSSR count). The number of H-pyrrole nitrogens is 1. The topological polar surface area (TPSA) is 124 Å². The maximum absolute atomic E-state index is 11.9. The Hall–Kier alpha value is -3.20. The Bertz CT molecular complexity index is 971. The molecule has 8 nitrogen and oxygen atoms in total. The number of aromatic amines is 1. The molecule has 0 aliphatic heterocycles. The van der Waals surface area contributed by atoms with E-state index in [1.54, 1.807) is 18.5 Å². The molecule has 0 fully saturated rings. The zero-order valence-electron chi connectivity index (χ0n) is 14.8. The molecule has 1 aromatic carbocycles. The van der Waals surface area contributed by atoms with Gasteiger partial charge >= 0.3 is 5.95 Å². The summed E-state index contributed by atoms with van der Waals surface area (Å²) in [6, 6.07) is 11.1. The molecule has 0 aliphatic rings. The minimum atomic E-state index is -0.267. The summed E-state index contributed by atoms with van der Waals surface area (Å²) in [7, 11) is 0. The molecule has 3 aromatic rings. The summed E-state index contributed by atoms with van der Waals surface area (Å²) < 4.78 is 0. The molecule has 0 saturated carbocycles. The Morgan fingerprint density at radius 3 is 2.70 bits per heavy atom. The van der Waals surface area contributed by atoms with E-state index in [-0.39, 0.29) is 17.5 Å². The fraction of sp³-hybridized carbons (Fsp3) is 0.167. The number of hydrogen-bond donors (Lipinski definition) is 4. The van der Waals surface area contributed by atoms with Crippen LogP contribution >= 0.6 is 11.8 Å².